The number of benzene rings is 1. The molecule has 0 atom stereocenters. The molecule has 1 saturated heterocycles. The summed E-state index contributed by atoms with van der Waals surface area (Å²) < 4.78 is 2.41. The summed E-state index contributed by atoms with van der Waals surface area (Å²) >= 11 is 0. The normalized spacial score (nSPS) is 17.2. The third kappa shape index (κ3) is 3.27. The average Bonchev–Trinajstić information content (AvgIpc) is 3.11. The zero-order valence-electron chi connectivity index (χ0n) is 15.4. The average molecular weight is 369 g/mol. The molecule has 1 aromatic carbocycles. The highest BCUT2D eigenvalue weighted by Gasteiger charge is 2.27. The third-order valence-electron chi connectivity index (χ3n) is 5.39. The van der Waals surface area contributed by atoms with Gasteiger partial charge in [0.05, 0.1) is 0 Å². The molecule has 2 aliphatic heterocycles. The van der Waals surface area contributed by atoms with Crippen molar-refractivity contribution in [2.24, 2.45) is 5.92 Å². The molecule has 1 amide bonds. The fourth-order valence-electron chi connectivity index (χ4n) is 3.67. The highest BCUT2D eigenvalue weighted by Crippen LogP contribution is 2.25. The van der Waals surface area contributed by atoms with Crippen molar-refractivity contribution in [2.75, 3.05) is 24.5 Å². The standard InChI is InChI=1S/C19H23N5O3/c1-14-7-9-21(10-8-14)16(25)13-24-18(27)17(26)23-12-11-22(19(23)20-24)15-5-3-2-4-6-15/h2-6,14H,7-13H2,1H3. The summed E-state index contributed by atoms with van der Waals surface area (Å²) in [6.07, 6.45) is 1.92. The number of fused-ring (bicyclic) bond motifs is 1. The van der Waals surface area contributed by atoms with Gasteiger partial charge in [-0.3, -0.25) is 19.0 Å². The molecule has 0 spiro atoms. The van der Waals surface area contributed by atoms with Crippen molar-refractivity contribution in [1.29, 1.82) is 0 Å². The Hall–Kier alpha value is -2.90. The van der Waals surface area contributed by atoms with E-state index in [-0.39, 0.29) is 12.5 Å². The molecule has 0 radical (unpaired) electrons. The Balaban J connectivity index is 1.63. The summed E-state index contributed by atoms with van der Waals surface area (Å²) in [5, 5.41) is 4.37. The number of amides is 1. The minimum Gasteiger partial charge on any atom is -0.341 e. The van der Waals surface area contributed by atoms with Gasteiger partial charge in [-0.15, -0.1) is 5.10 Å². The van der Waals surface area contributed by atoms with E-state index in [0.717, 1.165) is 23.2 Å². The predicted octanol–water partition coefficient (Wildman–Crippen LogP) is 0.815. The van der Waals surface area contributed by atoms with Crippen molar-refractivity contribution < 1.29 is 4.79 Å². The molecule has 3 heterocycles. The van der Waals surface area contributed by atoms with Crippen molar-refractivity contribution in [2.45, 2.75) is 32.9 Å². The van der Waals surface area contributed by atoms with Crippen LogP contribution in [0.5, 0.6) is 0 Å². The molecule has 2 aliphatic rings. The number of likely N-dealkylation sites (tertiary alicyclic amines) is 1. The van der Waals surface area contributed by atoms with Crippen LogP contribution in [-0.4, -0.2) is 44.8 Å². The van der Waals surface area contributed by atoms with Crippen LogP contribution in [0.15, 0.2) is 39.9 Å². The molecule has 27 heavy (non-hydrogen) atoms. The second kappa shape index (κ2) is 7.02. The molecule has 2 aromatic rings. The van der Waals surface area contributed by atoms with Gasteiger partial charge in [0.15, 0.2) is 0 Å². The van der Waals surface area contributed by atoms with E-state index < -0.39 is 11.1 Å². The number of aromatic nitrogens is 3. The van der Waals surface area contributed by atoms with Gasteiger partial charge >= 0.3 is 11.1 Å². The zero-order chi connectivity index (χ0) is 19.0. The van der Waals surface area contributed by atoms with Crippen molar-refractivity contribution in [3.05, 3.63) is 51.0 Å². The highest BCUT2D eigenvalue weighted by atomic mass is 16.2. The lowest BCUT2D eigenvalue weighted by Crippen LogP contribution is -2.46. The number of anilines is 2. The first-order valence-electron chi connectivity index (χ1n) is 9.37. The van der Waals surface area contributed by atoms with Crippen molar-refractivity contribution in [3.63, 3.8) is 0 Å². The van der Waals surface area contributed by atoms with Crippen LogP contribution < -0.4 is 16.0 Å². The summed E-state index contributed by atoms with van der Waals surface area (Å²) in [5.74, 6) is 0.856. The summed E-state index contributed by atoms with van der Waals surface area (Å²) in [6.45, 7) is 4.33. The maximum Gasteiger partial charge on any atom is 0.333 e. The van der Waals surface area contributed by atoms with E-state index in [2.05, 4.69) is 12.0 Å². The molecular formula is C19H23N5O3. The molecule has 4 rings (SSSR count). The largest absolute Gasteiger partial charge is 0.341 e. The van der Waals surface area contributed by atoms with Crippen LogP contribution in [0, 0.1) is 5.92 Å². The van der Waals surface area contributed by atoms with Crippen LogP contribution in [0.1, 0.15) is 19.8 Å². The van der Waals surface area contributed by atoms with Crippen LogP contribution in [0.3, 0.4) is 0 Å². The second-order valence-corrected chi connectivity index (χ2v) is 7.27. The Bertz CT molecular complexity index is 958. The quantitative estimate of drug-likeness (QED) is 0.748. The van der Waals surface area contributed by atoms with E-state index in [9.17, 15) is 14.4 Å². The lowest BCUT2D eigenvalue weighted by atomic mass is 9.99. The first-order valence-corrected chi connectivity index (χ1v) is 9.37. The SMILES string of the molecule is CC1CCN(C(=O)Cn2nc3n(c(=O)c2=O)CCN3c2ccccc2)CC1. The number of carbonyl (C=O) groups is 1. The Morgan fingerprint density at radius 3 is 2.44 bits per heavy atom. The Labute approximate surface area is 156 Å². The first-order chi connectivity index (χ1) is 13.0. The summed E-state index contributed by atoms with van der Waals surface area (Å²) in [5.41, 5.74) is -0.469. The van der Waals surface area contributed by atoms with Gasteiger partial charge in [0.25, 0.3) is 0 Å². The van der Waals surface area contributed by atoms with Gasteiger partial charge in [0.1, 0.15) is 6.54 Å². The number of rotatable bonds is 3. The van der Waals surface area contributed by atoms with Crippen LogP contribution >= 0.6 is 0 Å². The lowest BCUT2D eigenvalue weighted by Gasteiger charge is -2.30. The van der Waals surface area contributed by atoms with Gasteiger partial charge in [-0.25, -0.2) is 4.68 Å². The molecule has 8 nitrogen and oxygen atoms in total. The van der Waals surface area contributed by atoms with Gasteiger partial charge in [0, 0.05) is 31.9 Å². The van der Waals surface area contributed by atoms with Crippen LogP contribution in [-0.2, 0) is 17.9 Å². The lowest BCUT2D eigenvalue weighted by molar-refractivity contribution is -0.133. The van der Waals surface area contributed by atoms with Crippen LogP contribution in [0.2, 0.25) is 0 Å². The second-order valence-electron chi connectivity index (χ2n) is 7.27. The molecule has 142 valence electrons. The molecule has 0 unspecified atom stereocenters. The monoisotopic (exact) mass is 369 g/mol. The van der Waals surface area contributed by atoms with E-state index in [0.29, 0.717) is 38.0 Å². The summed E-state index contributed by atoms with van der Waals surface area (Å²) in [7, 11) is 0. The molecule has 0 N–H and O–H groups in total. The number of para-hydroxylation sites is 1. The predicted molar refractivity (Wildman–Crippen MR) is 101 cm³/mol. The molecule has 8 heteroatoms. The first kappa shape index (κ1) is 17.5. The van der Waals surface area contributed by atoms with Gasteiger partial charge in [-0.2, -0.15) is 0 Å². The Kier molecular flexibility index (Phi) is 4.55. The van der Waals surface area contributed by atoms with Gasteiger partial charge in [0.2, 0.25) is 11.9 Å². The number of hydrogen-bond donors (Lipinski definition) is 0. The molecule has 0 aliphatic carbocycles. The van der Waals surface area contributed by atoms with E-state index in [1.807, 2.05) is 35.2 Å². The number of piperidine rings is 1. The number of nitrogens with zero attached hydrogens (tertiary/aromatic N) is 5. The fraction of sp³-hybridized carbons (Fsp3) is 0.474. The van der Waals surface area contributed by atoms with E-state index in [1.54, 1.807) is 4.90 Å². The Morgan fingerprint density at radius 2 is 1.74 bits per heavy atom. The van der Waals surface area contributed by atoms with Crippen LogP contribution in [0.25, 0.3) is 0 Å². The minimum absolute atomic E-state index is 0.162. The third-order valence-corrected chi connectivity index (χ3v) is 5.39. The number of carbonyl (C=O) groups excluding carboxylic acids is 1. The minimum atomic E-state index is -0.743. The highest BCUT2D eigenvalue weighted by molar-refractivity contribution is 5.76. The molecule has 0 saturated carbocycles. The zero-order valence-corrected chi connectivity index (χ0v) is 15.4. The number of hydrogen-bond acceptors (Lipinski definition) is 5. The molecule has 0 bridgehead atoms. The van der Waals surface area contributed by atoms with Crippen molar-refractivity contribution in [1.82, 2.24) is 19.2 Å². The maximum absolute atomic E-state index is 12.6. The van der Waals surface area contributed by atoms with Gasteiger partial charge in [-0.05, 0) is 30.9 Å². The van der Waals surface area contributed by atoms with Crippen molar-refractivity contribution >= 4 is 17.5 Å². The fourth-order valence-corrected chi connectivity index (χ4v) is 3.67. The summed E-state index contributed by atoms with van der Waals surface area (Å²) in [6, 6.07) is 9.59. The summed E-state index contributed by atoms with van der Waals surface area (Å²) in [4.78, 5) is 41.2. The Morgan fingerprint density at radius 1 is 1.04 bits per heavy atom. The smallest absolute Gasteiger partial charge is 0.333 e. The molecule has 1 fully saturated rings. The molecular weight excluding hydrogens is 346 g/mol. The maximum atomic E-state index is 12.6. The van der Waals surface area contributed by atoms with Gasteiger partial charge in [-0.1, -0.05) is 25.1 Å². The van der Waals surface area contributed by atoms with Gasteiger partial charge < -0.3 is 9.80 Å². The van der Waals surface area contributed by atoms with Crippen LogP contribution in [0.4, 0.5) is 11.6 Å². The topological polar surface area (TPSA) is 80.4 Å². The van der Waals surface area contributed by atoms with Crippen molar-refractivity contribution in [3.8, 4) is 0 Å². The van der Waals surface area contributed by atoms with E-state index in [1.165, 1.54) is 4.57 Å². The van der Waals surface area contributed by atoms with E-state index in [4.69, 9.17) is 0 Å². The van der Waals surface area contributed by atoms with E-state index >= 15 is 0 Å². The molecule has 1 aromatic heterocycles.